The molecule has 1 amide bonds. The van der Waals surface area contributed by atoms with Crippen LogP contribution in [0.1, 0.15) is 10.6 Å². The van der Waals surface area contributed by atoms with Crippen molar-refractivity contribution in [3.8, 4) is 5.88 Å². The second-order valence-corrected chi connectivity index (χ2v) is 6.52. The third-order valence-corrected chi connectivity index (χ3v) is 4.57. The molecule has 0 atom stereocenters. The topological polar surface area (TPSA) is 72.6 Å². The number of likely N-dealkylation sites (tertiary alicyclic amines) is 1. The van der Waals surface area contributed by atoms with Gasteiger partial charge < -0.3 is 9.64 Å². The summed E-state index contributed by atoms with van der Waals surface area (Å²) >= 11 is 1.60. The molecule has 4 heterocycles. The predicted molar refractivity (Wildman–Crippen MR) is 89.9 cm³/mol. The molecule has 8 heteroatoms. The Bertz CT molecular complexity index is 896. The SMILES string of the molecule is Cc1cc(OC2CN(C(=O)/C=C/c3cccs3)C2)n2ncnc2n1. The molecule has 0 spiro atoms. The molecule has 0 N–H and O–H groups in total. The molecule has 1 aliphatic rings. The van der Waals surface area contributed by atoms with Crippen LogP contribution in [-0.2, 0) is 4.79 Å². The summed E-state index contributed by atoms with van der Waals surface area (Å²) in [6.07, 6.45) is 4.85. The van der Waals surface area contributed by atoms with Gasteiger partial charge in [0.15, 0.2) is 0 Å². The Balaban J connectivity index is 1.37. The molecule has 24 heavy (non-hydrogen) atoms. The molecule has 0 bridgehead atoms. The summed E-state index contributed by atoms with van der Waals surface area (Å²) in [4.78, 5) is 23.3. The Morgan fingerprint density at radius 1 is 1.46 bits per heavy atom. The number of ether oxygens (including phenoxy) is 1. The zero-order valence-electron chi connectivity index (χ0n) is 13.0. The number of hydrogen-bond acceptors (Lipinski definition) is 6. The fourth-order valence-corrected chi connectivity index (χ4v) is 3.11. The van der Waals surface area contributed by atoms with Crippen molar-refractivity contribution in [2.45, 2.75) is 13.0 Å². The Kier molecular flexibility index (Phi) is 3.73. The van der Waals surface area contributed by atoms with E-state index in [2.05, 4.69) is 15.1 Å². The molecule has 122 valence electrons. The Labute approximate surface area is 142 Å². The summed E-state index contributed by atoms with van der Waals surface area (Å²) in [6.45, 7) is 3.00. The van der Waals surface area contributed by atoms with E-state index in [0.29, 0.717) is 24.7 Å². The highest BCUT2D eigenvalue weighted by atomic mass is 32.1. The van der Waals surface area contributed by atoms with Crippen LogP contribution in [0.25, 0.3) is 11.9 Å². The lowest BCUT2D eigenvalue weighted by Crippen LogP contribution is -2.55. The number of nitrogens with zero attached hydrogens (tertiary/aromatic N) is 5. The molecule has 1 fully saturated rings. The van der Waals surface area contributed by atoms with Crippen LogP contribution in [0.3, 0.4) is 0 Å². The largest absolute Gasteiger partial charge is 0.470 e. The van der Waals surface area contributed by atoms with E-state index < -0.39 is 0 Å². The van der Waals surface area contributed by atoms with Gasteiger partial charge in [0.1, 0.15) is 12.4 Å². The van der Waals surface area contributed by atoms with Gasteiger partial charge in [0.25, 0.3) is 5.78 Å². The maximum absolute atomic E-state index is 12.1. The summed E-state index contributed by atoms with van der Waals surface area (Å²) in [7, 11) is 0. The standard InChI is InChI=1S/C16H15N5O2S/c1-11-7-15(21-16(19-11)17-10-18-21)23-12-8-20(9-12)14(22)5-4-13-3-2-6-24-13/h2-7,10,12H,8-9H2,1H3/b5-4+. The Hall–Kier alpha value is -2.74. The minimum Gasteiger partial charge on any atom is -0.470 e. The van der Waals surface area contributed by atoms with Crippen molar-refractivity contribution in [2.75, 3.05) is 13.1 Å². The lowest BCUT2D eigenvalue weighted by Gasteiger charge is -2.38. The monoisotopic (exact) mass is 341 g/mol. The number of aromatic nitrogens is 4. The summed E-state index contributed by atoms with van der Waals surface area (Å²) in [5.74, 6) is 1.11. The number of thiophene rings is 1. The van der Waals surface area contributed by atoms with Gasteiger partial charge in [-0.15, -0.1) is 11.3 Å². The first-order valence-electron chi connectivity index (χ1n) is 7.53. The molecule has 7 nitrogen and oxygen atoms in total. The second kappa shape index (κ2) is 6.04. The van der Waals surface area contributed by atoms with Crippen LogP contribution < -0.4 is 4.74 Å². The van der Waals surface area contributed by atoms with Gasteiger partial charge in [-0.1, -0.05) is 6.07 Å². The van der Waals surface area contributed by atoms with Gasteiger partial charge in [0.05, 0.1) is 13.1 Å². The Morgan fingerprint density at radius 3 is 3.12 bits per heavy atom. The van der Waals surface area contributed by atoms with Crippen molar-refractivity contribution >= 4 is 29.1 Å². The van der Waals surface area contributed by atoms with E-state index in [9.17, 15) is 4.79 Å². The van der Waals surface area contributed by atoms with E-state index in [1.165, 1.54) is 6.33 Å². The van der Waals surface area contributed by atoms with E-state index in [0.717, 1.165) is 10.6 Å². The third-order valence-electron chi connectivity index (χ3n) is 3.73. The van der Waals surface area contributed by atoms with Crippen molar-refractivity contribution in [1.29, 1.82) is 0 Å². The number of fused-ring (bicyclic) bond motifs is 1. The number of rotatable bonds is 4. The highest BCUT2D eigenvalue weighted by Gasteiger charge is 2.31. The van der Waals surface area contributed by atoms with Crippen LogP contribution in [0, 0.1) is 6.92 Å². The predicted octanol–water partition coefficient (Wildman–Crippen LogP) is 1.80. The molecule has 3 aromatic heterocycles. The van der Waals surface area contributed by atoms with E-state index in [4.69, 9.17) is 4.74 Å². The first-order valence-corrected chi connectivity index (χ1v) is 8.41. The van der Waals surface area contributed by atoms with E-state index in [1.54, 1.807) is 26.8 Å². The lowest BCUT2D eigenvalue weighted by molar-refractivity contribution is -0.134. The highest BCUT2D eigenvalue weighted by Crippen LogP contribution is 2.20. The van der Waals surface area contributed by atoms with Crippen molar-refractivity contribution in [3.05, 3.63) is 46.6 Å². The molecule has 1 saturated heterocycles. The molecule has 0 saturated carbocycles. The van der Waals surface area contributed by atoms with E-state index in [1.807, 2.05) is 36.6 Å². The summed E-state index contributed by atoms with van der Waals surface area (Å²) < 4.78 is 7.50. The van der Waals surface area contributed by atoms with Crippen LogP contribution in [0.4, 0.5) is 0 Å². The fraction of sp³-hybridized carbons (Fsp3) is 0.250. The van der Waals surface area contributed by atoms with Crippen molar-refractivity contribution in [3.63, 3.8) is 0 Å². The van der Waals surface area contributed by atoms with E-state index in [-0.39, 0.29) is 12.0 Å². The maximum atomic E-state index is 12.1. The third kappa shape index (κ3) is 2.88. The molecule has 0 aliphatic carbocycles. The summed E-state index contributed by atoms with van der Waals surface area (Å²) in [5.41, 5.74) is 0.816. The van der Waals surface area contributed by atoms with Crippen LogP contribution >= 0.6 is 11.3 Å². The first-order chi connectivity index (χ1) is 11.7. The van der Waals surface area contributed by atoms with Gasteiger partial charge in [-0.2, -0.15) is 14.6 Å². The van der Waals surface area contributed by atoms with Crippen molar-refractivity contribution < 1.29 is 9.53 Å². The quantitative estimate of drug-likeness (QED) is 0.677. The zero-order chi connectivity index (χ0) is 16.5. The number of amides is 1. The molecular formula is C16H15N5O2S. The first kappa shape index (κ1) is 14.8. The van der Waals surface area contributed by atoms with Crippen molar-refractivity contribution in [1.82, 2.24) is 24.5 Å². The fourth-order valence-electron chi connectivity index (χ4n) is 2.49. The average molecular weight is 341 g/mol. The Morgan fingerprint density at radius 2 is 2.33 bits per heavy atom. The molecule has 0 radical (unpaired) electrons. The number of aryl methyl sites for hydroxylation is 1. The van der Waals surface area contributed by atoms with Crippen LogP contribution in [-0.4, -0.2) is 49.6 Å². The second-order valence-electron chi connectivity index (χ2n) is 5.54. The van der Waals surface area contributed by atoms with Gasteiger partial charge in [-0.05, 0) is 24.4 Å². The van der Waals surface area contributed by atoms with Gasteiger partial charge in [-0.25, -0.2) is 4.98 Å². The van der Waals surface area contributed by atoms with Crippen LogP contribution in [0.5, 0.6) is 5.88 Å². The molecule has 1 aliphatic heterocycles. The zero-order valence-corrected chi connectivity index (χ0v) is 13.8. The van der Waals surface area contributed by atoms with Gasteiger partial charge >= 0.3 is 0 Å². The molecule has 4 rings (SSSR count). The van der Waals surface area contributed by atoms with Gasteiger partial charge in [0.2, 0.25) is 11.8 Å². The minimum atomic E-state index is -0.0433. The maximum Gasteiger partial charge on any atom is 0.255 e. The van der Waals surface area contributed by atoms with E-state index >= 15 is 0 Å². The van der Waals surface area contributed by atoms with Gasteiger partial charge in [0, 0.05) is 22.7 Å². The van der Waals surface area contributed by atoms with Gasteiger partial charge in [-0.3, -0.25) is 4.79 Å². The normalized spacial score (nSPS) is 15.1. The molecule has 0 aromatic carbocycles. The summed E-state index contributed by atoms with van der Waals surface area (Å²) in [5, 5.41) is 6.10. The lowest BCUT2D eigenvalue weighted by atomic mass is 10.1. The molecular weight excluding hydrogens is 326 g/mol. The smallest absolute Gasteiger partial charge is 0.255 e. The number of carbonyl (C=O) groups is 1. The average Bonchev–Trinajstić information content (AvgIpc) is 3.18. The van der Waals surface area contributed by atoms with Crippen LogP contribution in [0.2, 0.25) is 0 Å². The summed E-state index contributed by atoms with van der Waals surface area (Å²) in [6, 6.07) is 5.76. The van der Waals surface area contributed by atoms with Crippen LogP contribution in [0.15, 0.2) is 36.0 Å². The molecule has 0 unspecified atom stereocenters. The number of carbonyl (C=O) groups excluding carboxylic acids is 1. The highest BCUT2D eigenvalue weighted by molar-refractivity contribution is 7.10. The molecule has 3 aromatic rings. The van der Waals surface area contributed by atoms with Crippen molar-refractivity contribution in [2.24, 2.45) is 0 Å². The number of hydrogen-bond donors (Lipinski definition) is 0. The minimum absolute atomic E-state index is 0.0000571.